The summed E-state index contributed by atoms with van der Waals surface area (Å²) >= 11 is 0. The summed E-state index contributed by atoms with van der Waals surface area (Å²) in [4.78, 5) is 4.71. The zero-order valence-corrected chi connectivity index (χ0v) is 11.1. The number of imidazole rings is 1. The van der Waals surface area contributed by atoms with Crippen LogP contribution in [0.5, 0.6) is 0 Å². The van der Waals surface area contributed by atoms with E-state index in [1.807, 2.05) is 13.8 Å². The van der Waals surface area contributed by atoms with Gasteiger partial charge in [-0.3, -0.25) is 0 Å². The van der Waals surface area contributed by atoms with Gasteiger partial charge in [-0.1, -0.05) is 6.07 Å². The summed E-state index contributed by atoms with van der Waals surface area (Å²) in [6, 6.07) is 6.41. The van der Waals surface area contributed by atoms with Gasteiger partial charge in [-0.05, 0) is 45.4 Å². The summed E-state index contributed by atoms with van der Waals surface area (Å²) in [6.07, 6.45) is 0.800. The normalized spacial score (nSPS) is 12.3. The highest BCUT2D eigenvalue weighted by Crippen LogP contribution is 2.20. The predicted octanol–water partition coefficient (Wildman–Crippen LogP) is 2.64. The van der Waals surface area contributed by atoms with E-state index >= 15 is 0 Å². The van der Waals surface area contributed by atoms with Crippen molar-refractivity contribution in [1.29, 1.82) is 0 Å². The van der Waals surface area contributed by atoms with Crippen LogP contribution in [0.4, 0.5) is 0 Å². The number of hydrogen-bond acceptors (Lipinski definition) is 2. The van der Waals surface area contributed by atoms with Crippen LogP contribution in [0.3, 0.4) is 0 Å². The zero-order chi connectivity index (χ0) is 12.6. The Morgan fingerprint density at radius 2 is 2.06 bits per heavy atom. The van der Waals surface area contributed by atoms with E-state index in [4.69, 9.17) is 10.7 Å². The lowest BCUT2D eigenvalue weighted by atomic mass is 10.0. The molecule has 2 rings (SSSR count). The highest BCUT2D eigenvalue weighted by molar-refractivity contribution is 5.76. The van der Waals surface area contributed by atoms with E-state index < -0.39 is 0 Å². The SMILES string of the molecule is CCn1c(CC(C)(C)N)nc2cc(C)ccc21. The Hall–Kier alpha value is -1.35. The largest absolute Gasteiger partial charge is 0.328 e. The lowest BCUT2D eigenvalue weighted by molar-refractivity contribution is 0.490. The van der Waals surface area contributed by atoms with Crippen LogP contribution in [-0.4, -0.2) is 15.1 Å². The van der Waals surface area contributed by atoms with Crippen LogP contribution in [0.2, 0.25) is 0 Å². The van der Waals surface area contributed by atoms with Crippen molar-refractivity contribution in [3.8, 4) is 0 Å². The standard InChI is InChI=1S/C14H21N3/c1-5-17-12-7-6-10(2)8-11(12)16-13(17)9-14(3,4)15/h6-8H,5,9,15H2,1-4H3. The highest BCUT2D eigenvalue weighted by Gasteiger charge is 2.17. The maximum atomic E-state index is 6.09. The van der Waals surface area contributed by atoms with Crippen LogP contribution in [0.1, 0.15) is 32.2 Å². The second kappa shape index (κ2) is 4.15. The first-order valence-electron chi connectivity index (χ1n) is 6.15. The summed E-state index contributed by atoms with van der Waals surface area (Å²) in [5.41, 5.74) is 9.40. The Labute approximate surface area is 103 Å². The number of hydrogen-bond donors (Lipinski definition) is 1. The Kier molecular flexibility index (Phi) is 2.96. The van der Waals surface area contributed by atoms with Gasteiger partial charge in [0.25, 0.3) is 0 Å². The van der Waals surface area contributed by atoms with E-state index in [9.17, 15) is 0 Å². The minimum absolute atomic E-state index is 0.219. The molecule has 3 heteroatoms. The van der Waals surface area contributed by atoms with Gasteiger partial charge in [0, 0.05) is 18.5 Å². The first kappa shape index (κ1) is 12.1. The zero-order valence-electron chi connectivity index (χ0n) is 11.1. The highest BCUT2D eigenvalue weighted by atomic mass is 15.1. The maximum absolute atomic E-state index is 6.09. The molecule has 1 heterocycles. The van der Waals surface area contributed by atoms with Crippen LogP contribution in [0.15, 0.2) is 18.2 Å². The summed E-state index contributed by atoms with van der Waals surface area (Å²) in [7, 11) is 0. The maximum Gasteiger partial charge on any atom is 0.111 e. The van der Waals surface area contributed by atoms with E-state index in [0.29, 0.717) is 0 Å². The summed E-state index contributed by atoms with van der Waals surface area (Å²) in [5, 5.41) is 0. The van der Waals surface area contributed by atoms with E-state index in [1.165, 1.54) is 11.1 Å². The van der Waals surface area contributed by atoms with Gasteiger partial charge >= 0.3 is 0 Å². The van der Waals surface area contributed by atoms with Crippen molar-refractivity contribution in [1.82, 2.24) is 9.55 Å². The number of aryl methyl sites for hydroxylation is 2. The molecule has 1 aromatic heterocycles. The van der Waals surface area contributed by atoms with Crippen molar-refractivity contribution in [3.05, 3.63) is 29.6 Å². The molecule has 0 spiro atoms. The van der Waals surface area contributed by atoms with Gasteiger partial charge in [0.2, 0.25) is 0 Å². The van der Waals surface area contributed by atoms with Crippen LogP contribution >= 0.6 is 0 Å². The summed E-state index contributed by atoms with van der Waals surface area (Å²) in [5.74, 6) is 1.08. The number of aromatic nitrogens is 2. The van der Waals surface area contributed by atoms with Crippen molar-refractivity contribution in [2.45, 2.75) is 46.2 Å². The Balaban J connectivity index is 2.55. The van der Waals surface area contributed by atoms with Gasteiger partial charge in [0.15, 0.2) is 0 Å². The van der Waals surface area contributed by atoms with Crippen molar-refractivity contribution >= 4 is 11.0 Å². The number of benzene rings is 1. The topological polar surface area (TPSA) is 43.8 Å². The molecule has 0 radical (unpaired) electrons. The summed E-state index contributed by atoms with van der Waals surface area (Å²) in [6.45, 7) is 9.26. The van der Waals surface area contributed by atoms with Crippen LogP contribution in [0, 0.1) is 6.92 Å². The predicted molar refractivity (Wildman–Crippen MR) is 72.1 cm³/mol. The first-order valence-corrected chi connectivity index (χ1v) is 6.15. The molecule has 0 saturated carbocycles. The van der Waals surface area contributed by atoms with Crippen LogP contribution in [-0.2, 0) is 13.0 Å². The lowest BCUT2D eigenvalue weighted by Crippen LogP contribution is -2.35. The third kappa shape index (κ3) is 2.50. The fraction of sp³-hybridized carbons (Fsp3) is 0.500. The van der Waals surface area contributed by atoms with Gasteiger partial charge < -0.3 is 10.3 Å². The van der Waals surface area contributed by atoms with E-state index in [0.717, 1.165) is 24.3 Å². The molecular weight excluding hydrogens is 210 g/mol. The van der Waals surface area contributed by atoms with Crippen molar-refractivity contribution in [3.63, 3.8) is 0 Å². The molecule has 92 valence electrons. The van der Waals surface area contributed by atoms with Gasteiger partial charge in [-0.25, -0.2) is 4.98 Å². The molecule has 17 heavy (non-hydrogen) atoms. The second-order valence-electron chi connectivity index (χ2n) is 5.43. The fourth-order valence-corrected chi connectivity index (χ4v) is 2.19. The van der Waals surface area contributed by atoms with E-state index in [-0.39, 0.29) is 5.54 Å². The molecule has 3 nitrogen and oxygen atoms in total. The quantitative estimate of drug-likeness (QED) is 0.882. The Bertz CT molecular complexity index is 532. The molecule has 1 aromatic carbocycles. The van der Waals surface area contributed by atoms with Gasteiger partial charge in [0.1, 0.15) is 5.82 Å². The number of nitrogens with two attached hydrogens (primary N) is 1. The van der Waals surface area contributed by atoms with Gasteiger partial charge in [-0.15, -0.1) is 0 Å². The average molecular weight is 231 g/mol. The number of fused-ring (bicyclic) bond motifs is 1. The monoisotopic (exact) mass is 231 g/mol. The van der Waals surface area contributed by atoms with E-state index in [2.05, 4.69) is 36.6 Å². The average Bonchev–Trinajstić information content (AvgIpc) is 2.51. The van der Waals surface area contributed by atoms with Gasteiger partial charge in [0.05, 0.1) is 11.0 Å². The molecule has 0 aliphatic heterocycles. The third-order valence-corrected chi connectivity index (χ3v) is 2.91. The van der Waals surface area contributed by atoms with E-state index in [1.54, 1.807) is 0 Å². The molecule has 0 aliphatic rings. The second-order valence-corrected chi connectivity index (χ2v) is 5.43. The third-order valence-electron chi connectivity index (χ3n) is 2.91. The molecule has 0 unspecified atom stereocenters. The van der Waals surface area contributed by atoms with Crippen molar-refractivity contribution < 1.29 is 0 Å². The fourth-order valence-electron chi connectivity index (χ4n) is 2.19. The molecule has 0 amide bonds. The molecule has 0 aliphatic carbocycles. The number of rotatable bonds is 3. The van der Waals surface area contributed by atoms with Crippen LogP contribution in [0.25, 0.3) is 11.0 Å². The molecular formula is C14H21N3. The summed E-state index contributed by atoms with van der Waals surface area (Å²) < 4.78 is 2.25. The molecule has 0 bridgehead atoms. The minimum Gasteiger partial charge on any atom is -0.328 e. The smallest absolute Gasteiger partial charge is 0.111 e. The molecule has 2 N–H and O–H groups in total. The number of nitrogens with zero attached hydrogens (tertiary/aromatic N) is 2. The minimum atomic E-state index is -0.219. The molecule has 0 atom stereocenters. The van der Waals surface area contributed by atoms with Gasteiger partial charge in [-0.2, -0.15) is 0 Å². The Morgan fingerprint density at radius 3 is 2.65 bits per heavy atom. The Morgan fingerprint density at radius 1 is 1.35 bits per heavy atom. The molecule has 0 fully saturated rings. The van der Waals surface area contributed by atoms with Crippen molar-refractivity contribution in [2.75, 3.05) is 0 Å². The van der Waals surface area contributed by atoms with Crippen molar-refractivity contribution in [2.24, 2.45) is 5.73 Å². The molecule has 0 saturated heterocycles. The molecule has 2 aromatic rings. The lowest BCUT2D eigenvalue weighted by Gasteiger charge is -2.18. The van der Waals surface area contributed by atoms with Crippen LogP contribution < -0.4 is 5.73 Å². The first-order chi connectivity index (χ1) is 7.90.